The number of allylic oxidation sites excluding steroid dienone is 2. The molecule has 150 valence electrons. The summed E-state index contributed by atoms with van der Waals surface area (Å²) in [5, 5.41) is 2.80. The monoisotopic (exact) mass is 386 g/mol. The number of amides is 3. The number of hydrogen-bond donors (Lipinski definition) is 1. The molecule has 0 saturated carbocycles. The molecule has 0 bridgehead atoms. The fourth-order valence-electron chi connectivity index (χ4n) is 4.05. The van der Waals surface area contributed by atoms with E-state index < -0.39 is 6.04 Å². The Morgan fingerprint density at radius 2 is 1.75 bits per heavy atom. The summed E-state index contributed by atoms with van der Waals surface area (Å²) in [6.07, 6.45) is 5.73. The second kappa shape index (κ2) is 8.67. The molecule has 1 heterocycles. The maximum Gasteiger partial charge on any atom is 0.243 e. The molecule has 6 heteroatoms. The van der Waals surface area contributed by atoms with Gasteiger partial charge in [0.25, 0.3) is 0 Å². The molecule has 0 spiro atoms. The van der Waals surface area contributed by atoms with Crippen LogP contribution in [-0.2, 0) is 20.8 Å². The summed E-state index contributed by atoms with van der Waals surface area (Å²) in [5.41, 5.74) is 0.522. The second-order valence-corrected chi connectivity index (χ2v) is 7.98. The van der Waals surface area contributed by atoms with Crippen molar-refractivity contribution in [1.82, 2.24) is 10.2 Å². The molecule has 5 nitrogen and oxygen atoms in total. The zero-order valence-electron chi connectivity index (χ0n) is 16.4. The third kappa shape index (κ3) is 4.16. The Labute approximate surface area is 165 Å². The van der Waals surface area contributed by atoms with Crippen LogP contribution in [0.3, 0.4) is 0 Å². The van der Waals surface area contributed by atoms with Gasteiger partial charge in [-0.1, -0.05) is 44.2 Å². The Morgan fingerprint density at radius 3 is 2.32 bits per heavy atom. The third-order valence-corrected chi connectivity index (χ3v) is 5.50. The number of nitrogens with one attached hydrogen (secondary N) is 1. The number of hydrogen-bond acceptors (Lipinski definition) is 3. The highest BCUT2D eigenvalue weighted by Crippen LogP contribution is 2.37. The summed E-state index contributed by atoms with van der Waals surface area (Å²) in [7, 11) is 0. The van der Waals surface area contributed by atoms with Gasteiger partial charge in [0.1, 0.15) is 11.9 Å². The lowest BCUT2D eigenvalue weighted by Crippen LogP contribution is -2.51. The molecule has 1 aromatic carbocycles. The van der Waals surface area contributed by atoms with E-state index in [0.717, 1.165) is 0 Å². The van der Waals surface area contributed by atoms with Crippen molar-refractivity contribution in [3.05, 3.63) is 47.8 Å². The van der Waals surface area contributed by atoms with Crippen LogP contribution < -0.4 is 5.32 Å². The number of fused-ring (bicyclic) bond motifs is 1. The molecule has 1 fully saturated rings. The lowest BCUT2D eigenvalue weighted by molar-refractivity contribution is -0.148. The van der Waals surface area contributed by atoms with Crippen molar-refractivity contribution in [2.45, 2.75) is 45.6 Å². The molecule has 2 aliphatic rings. The molecule has 1 aliphatic heterocycles. The fraction of sp³-hybridized carbons (Fsp3) is 0.500. The van der Waals surface area contributed by atoms with Crippen molar-refractivity contribution in [2.75, 3.05) is 6.54 Å². The van der Waals surface area contributed by atoms with E-state index in [2.05, 4.69) is 5.32 Å². The first-order chi connectivity index (χ1) is 13.4. The summed E-state index contributed by atoms with van der Waals surface area (Å²) in [4.78, 5) is 39.8. The SMILES string of the molecule is CC(C)CC(C(=O)NCCc1ccccc1F)N1C(=O)C2CC=CCC2C1=O. The second-order valence-electron chi connectivity index (χ2n) is 7.98. The van der Waals surface area contributed by atoms with Crippen LogP contribution in [0.1, 0.15) is 38.7 Å². The number of nitrogens with zero attached hydrogens (tertiary/aromatic N) is 1. The highest BCUT2D eigenvalue weighted by molar-refractivity contribution is 6.08. The molecular weight excluding hydrogens is 359 g/mol. The van der Waals surface area contributed by atoms with Gasteiger partial charge in [0, 0.05) is 6.54 Å². The van der Waals surface area contributed by atoms with Crippen molar-refractivity contribution >= 4 is 17.7 Å². The molecule has 0 aromatic heterocycles. The van der Waals surface area contributed by atoms with Crippen molar-refractivity contribution < 1.29 is 18.8 Å². The van der Waals surface area contributed by atoms with Crippen molar-refractivity contribution in [1.29, 1.82) is 0 Å². The van der Waals surface area contributed by atoms with Crippen LogP contribution in [0.4, 0.5) is 4.39 Å². The van der Waals surface area contributed by atoms with E-state index in [9.17, 15) is 18.8 Å². The van der Waals surface area contributed by atoms with E-state index in [-0.39, 0.29) is 47.8 Å². The summed E-state index contributed by atoms with van der Waals surface area (Å²) in [6.45, 7) is 4.16. The van der Waals surface area contributed by atoms with Crippen LogP contribution >= 0.6 is 0 Å². The highest BCUT2D eigenvalue weighted by Gasteiger charge is 2.51. The summed E-state index contributed by atoms with van der Waals surface area (Å²) in [6, 6.07) is 5.62. The first-order valence-electron chi connectivity index (χ1n) is 9.93. The standard InChI is InChI=1S/C22H27FN2O3/c1-14(2)13-19(20(26)24-12-11-15-7-3-6-10-18(15)23)25-21(27)16-8-4-5-9-17(16)22(25)28/h3-7,10,14,16-17,19H,8-9,11-13H2,1-2H3,(H,24,26). The van der Waals surface area contributed by atoms with Gasteiger partial charge in [-0.2, -0.15) is 0 Å². The zero-order chi connectivity index (χ0) is 20.3. The summed E-state index contributed by atoms with van der Waals surface area (Å²) < 4.78 is 13.7. The molecule has 1 aliphatic carbocycles. The van der Waals surface area contributed by atoms with E-state index in [1.807, 2.05) is 26.0 Å². The van der Waals surface area contributed by atoms with Crippen molar-refractivity contribution in [2.24, 2.45) is 17.8 Å². The molecule has 1 aromatic rings. The van der Waals surface area contributed by atoms with Crippen LogP contribution in [0, 0.1) is 23.6 Å². The fourth-order valence-corrected chi connectivity index (χ4v) is 4.05. The van der Waals surface area contributed by atoms with Gasteiger partial charge in [-0.15, -0.1) is 0 Å². The van der Waals surface area contributed by atoms with E-state index >= 15 is 0 Å². The van der Waals surface area contributed by atoms with Crippen LogP contribution in [0.2, 0.25) is 0 Å². The Morgan fingerprint density at radius 1 is 1.14 bits per heavy atom. The lowest BCUT2D eigenvalue weighted by Gasteiger charge is -2.27. The number of carbonyl (C=O) groups excluding carboxylic acids is 3. The molecule has 3 unspecified atom stereocenters. The number of likely N-dealkylation sites (tertiary alicyclic amines) is 1. The van der Waals surface area contributed by atoms with Crippen LogP contribution in [0.25, 0.3) is 0 Å². The van der Waals surface area contributed by atoms with E-state index in [1.165, 1.54) is 11.0 Å². The van der Waals surface area contributed by atoms with Gasteiger partial charge in [0.05, 0.1) is 11.8 Å². The first-order valence-corrected chi connectivity index (χ1v) is 9.93. The Kier molecular flexibility index (Phi) is 6.27. The van der Waals surface area contributed by atoms with E-state index in [4.69, 9.17) is 0 Å². The predicted octanol–water partition coefficient (Wildman–Crippen LogP) is 2.85. The maximum atomic E-state index is 13.7. The molecule has 3 amide bonds. The van der Waals surface area contributed by atoms with Gasteiger partial charge in [-0.05, 0) is 43.2 Å². The number of rotatable bonds is 7. The molecule has 3 rings (SSSR count). The molecule has 1 saturated heterocycles. The van der Waals surface area contributed by atoms with Gasteiger partial charge in [0.15, 0.2) is 0 Å². The molecule has 1 N–H and O–H groups in total. The van der Waals surface area contributed by atoms with Crippen LogP contribution in [-0.4, -0.2) is 35.2 Å². The quantitative estimate of drug-likeness (QED) is 0.579. The molecule has 28 heavy (non-hydrogen) atoms. The number of halogens is 1. The normalized spacial score (nSPS) is 22.5. The van der Waals surface area contributed by atoms with Crippen LogP contribution in [0.15, 0.2) is 36.4 Å². The smallest absolute Gasteiger partial charge is 0.243 e. The average Bonchev–Trinajstić information content (AvgIpc) is 2.92. The largest absolute Gasteiger partial charge is 0.354 e. The molecule has 3 atom stereocenters. The van der Waals surface area contributed by atoms with Gasteiger partial charge in [-0.3, -0.25) is 19.3 Å². The zero-order valence-corrected chi connectivity index (χ0v) is 16.4. The van der Waals surface area contributed by atoms with Gasteiger partial charge >= 0.3 is 0 Å². The van der Waals surface area contributed by atoms with Crippen molar-refractivity contribution in [3.63, 3.8) is 0 Å². The minimum absolute atomic E-state index is 0.142. The van der Waals surface area contributed by atoms with Crippen LogP contribution in [0.5, 0.6) is 0 Å². The lowest BCUT2D eigenvalue weighted by atomic mass is 9.85. The third-order valence-electron chi connectivity index (χ3n) is 5.50. The molecular formula is C22H27FN2O3. The number of imide groups is 1. The van der Waals surface area contributed by atoms with E-state index in [0.29, 0.717) is 31.2 Å². The van der Waals surface area contributed by atoms with Crippen molar-refractivity contribution in [3.8, 4) is 0 Å². The Hall–Kier alpha value is -2.50. The highest BCUT2D eigenvalue weighted by atomic mass is 19.1. The number of benzene rings is 1. The van der Waals surface area contributed by atoms with Gasteiger partial charge < -0.3 is 5.32 Å². The number of carbonyl (C=O) groups is 3. The minimum Gasteiger partial charge on any atom is -0.354 e. The van der Waals surface area contributed by atoms with E-state index in [1.54, 1.807) is 18.2 Å². The summed E-state index contributed by atoms with van der Waals surface area (Å²) in [5.74, 6) is -1.70. The Balaban J connectivity index is 1.69. The molecule has 0 radical (unpaired) electrons. The minimum atomic E-state index is -0.814. The average molecular weight is 386 g/mol. The Bertz CT molecular complexity index is 764. The summed E-state index contributed by atoms with van der Waals surface area (Å²) >= 11 is 0. The van der Waals surface area contributed by atoms with Gasteiger partial charge in [0.2, 0.25) is 17.7 Å². The maximum absolute atomic E-state index is 13.7. The van der Waals surface area contributed by atoms with Gasteiger partial charge in [-0.25, -0.2) is 4.39 Å². The topological polar surface area (TPSA) is 66.5 Å². The first kappa shape index (κ1) is 20.2. The predicted molar refractivity (Wildman–Crippen MR) is 104 cm³/mol.